The van der Waals surface area contributed by atoms with Crippen molar-refractivity contribution in [1.29, 1.82) is 0 Å². The van der Waals surface area contributed by atoms with Gasteiger partial charge in [0.1, 0.15) is 5.75 Å². The number of benzene rings is 2. The maximum absolute atomic E-state index is 12.3. The van der Waals surface area contributed by atoms with Gasteiger partial charge >= 0.3 is 5.97 Å². The molecule has 2 aromatic carbocycles. The molecule has 1 heterocycles. The number of fused-ring (bicyclic) bond motifs is 1. The molecule has 0 atom stereocenters. The first kappa shape index (κ1) is 17.9. The predicted octanol–water partition coefficient (Wildman–Crippen LogP) is 3.89. The topological polar surface area (TPSA) is 72.9 Å². The summed E-state index contributed by atoms with van der Waals surface area (Å²) in [5.41, 5.74) is 0.415. The van der Waals surface area contributed by atoms with Crippen molar-refractivity contribution in [3.8, 4) is 5.75 Å². The van der Waals surface area contributed by atoms with Crippen LogP contribution in [0, 0.1) is 0 Å². The van der Waals surface area contributed by atoms with Gasteiger partial charge in [0, 0.05) is 0 Å². The minimum atomic E-state index is -0.899. The molecule has 0 aliphatic carbocycles. The fraction of sp³-hybridized carbons (Fsp3) is 0.211. The lowest BCUT2D eigenvalue weighted by Gasteiger charge is -2.14. The summed E-state index contributed by atoms with van der Waals surface area (Å²) < 4.78 is 5.52. The lowest BCUT2D eigenvalue weighted by Crippen LogP contribution is -2.32. The van der Waals surface area contributed by atoms with Crippen molar-refractivity contribution in [1.82, 2.24) is 5.06 Å². The third kappa shape index (κ3) is 3.41. The number of unbranched alkanes of at least 4 members (excludes halogenated alkanes) is 1. The lowest BCUT2D eigenvalue weighted by atomic mass is 10.1. The number of ether oxygens (including phenoxy) is 1. The summed E-state index contributed by atoms with van der Waals surface area (Å²) in [6.07, 6.45) is 1.90. The molecule has 0 spiro atoms. The van der Waals surface area contributed by atoms with Gasteiger partial charge < -0.3 is 9.57 Å². The number of carbonyl (C=O) groups excluding carboxylic acids is 3. The molecular formula is C19H16ClNO5. The molecule has 1 aliphatic rings. The molecule has 0 bridgehead atoms. The van der Waals surface area contributed by atoms with E-state index in [1.165, 1.54) is 24.3 Å². The molecule has 0 fully saturated rings. The van der Waals surface area contributed by atoms with Crippen LogP contribution >= 0.6 is 11.6 Å². The van der Waals surface area contributed by atoms with Gasteiger partial charge in [-0.2, -0.15) is 0 Å². The highest BCUT2D eigenvalue weighted by Crippen LogP contribution is 2.26. The minimum absolute atomic E-state index is 0.0334. The van der Waals surface area contributed by atoms with Crippen LogP contribution in [0.4, 0.5) is 0 Å². The quantitative estimate of drug-likeness (QED) is 0.567. The molecule has 0 radical (unpaired) electrons. The molecular weight excluding hydrogens is 358 g/mol. The third-order valence-corrected chi connectivity index (χ3v) is 4.17. The standard InChI is InChI=1S/C19H16ClNO5/c1-2-3-10-25-12-8-9-15(16(20)11-12)19(24)26-21-17(22)13-6-4-5-7-14(13)18(21)23/h4-9,11H,2-3,10H2,1H3. The van der Waals surface area contributed by atoms with Gasteiger partial charge in [0.15, 0.2) is 0 Å². The molecule has 6 nitrogen and oxygen atoms in total. The number of hydrogen-bond acceptors (Lipinski definition) is 5. The predicted molar refractivity (Wildman–Crippen MR) is 94.2 cm³/mol. The van der Waals surface area contributed by atoms with Gasteiger partial charge in [-0.3, -0.25) is 9.59 Å². The highest BCUT2D eigenvalue weighted by atomic mass is 35.5. The number of hydrogen-bond donors (Lipinski definition) is 0. The van der Waals surface area contributed by atoms with Crippen molar-refractivity contribution in [2.75, 3.05) is 6.61 Å². The van der Waals surface area contributed by atoms with Crippen molar-refractivity contribution in [2.45, 2.75) is 19.8 Å². The van der Waals surface area contributed by atoms with Crippen LogP contribution in [0.5, 0.6) is 5.75 Å². The van der Waals surface area contributed by atoms with Crippen LogP contribution in [-0.4, -0.2) is 29.5 Å². The van der Waals surface area contributed by atoms with Gasteiger partial charge in [0.05, 0.1) is 28.3 Å². The molecule has 7 heteroatoms. The van der Waals surface area contributed by atoms with Gasteiger partial charge in [-0.1, -0.05) is 42.1 Å². The highest BCUT2D eigenvalue weighted by Gasteiger charge is 2.39. The maximum Gasteiger partial charge on any atom is 0.365 e. The van der Waals surface area contributed by atoms with E-state index in [0.29, 0.717) is 17.4 Å². The smallest absolute Gasteiger partial charge is 0.365 e. The lowest BCUT2D eigenvalue weighted by molar-refractivity contribution is -0.0584. The first-order valence-corrected chi connectivity index (χ1v) is 8.53. The Morgan fingerprint density at radius 1 is 1.08 bits per heavy atom. The Bertz CT molecular complexity index is 845. The monoisotopic (exact) mass is 373 g/mol. The average molecular weight is 374 g/mol. The van der Waals surface area contributed by atoms with E-state index in [9.17, 15) is 14.4 Å². The van der Waals surface area contributed by atoms with Crippen LogP contribution in [-0.2, 0) is 4.84 Å². The molecule has 26 heavy (non-hydrogen) atoms. The summed E-state index contributed by atoms with van der Waals surface area (Å²) in [5, 5.41) is 0.565. The molecule has 0 saturated heterocycles. The molecule has 3 rings (SSSR count). The van der Waals surface area contributed by atoms with Crippen molar-refractivity contribution >= 4 is 29.4 Å². The SMILES string of the molecule is CCCCOc1ccc(C(=O)ON2C(=O)c3ccccc3C2=O)c(Cl)c1. The Labute approximate surface area is 155 Å². The Kier molecular flexibility index (Phi) is 5.23. The zero-order chi connectivity index (χ0) is 18.7. The second-order valence-electron chi connectivity index (χ2n) is 5.67. The summed E-state index contributed by atoms with van der Waals surface area (Å²) in [7, 11) is 0. The van der Waals surface area contributed by atoms with Gasteiger partial charge in [-0.05, 0) is 36.8 Å². The molecule has 0 N–H and O–H groups in total. The Hall–Kier alpha value is -2.86. The molecule has 2 amide bonds. The number of hydroxylamine groups is 2. The van der Waals surface area contributed by atoms with Gasteiger partial charge in [-0.25, -0.2) is 4.79 Å². The first-order chi connectivity index (χ1) is 12.5. The number of nitrogens with zero attached hydrogens (tertiary/aromatic N) is 1. The number of rotatable bonds is 6. The molecule has 0 aromatic heterocycles. The summed E-state index contributed by atoms with van der Waals surface area (Å²) in [4.78, 5) is 41.8. The van der Waals surface area contributed by atoms with Gasteiger partial charge in [0.25, 0.3) is 11.8 Å². The van der Waals surface area contributed by atoms with Crippen molar-refractivity contribution < 1.29 is 24.0 Å². The zero-order valence-electron chi connectivity index (χ0n) is 14.0. The van der Waals surface area contributed by atoms with Crippen LogP contribution in [0.3, 0.4) is 0 Å². The van der Waals surface area contributed by atoms with E-state index in [-0.39, 0.29) is 21.7 Å². The fourth-order valence-electron chi connectivity index (χ4n) is 2.47. The van der Waals surface area contributed by atoms with Crippen LogP contribution in [0.1, 0.15) is 50.8 Å². The van der Waals surface area contributed by atoms with Crippen LogP contribution in [0.15, 0.2) is 42.5 Å². The third-order valence-electron chi connectivity index (χ3n) is 3.86. The number of carbonyl (C=O) groups is 3. The summed E-state index contributed by atoms with van der Waals surface area (Å²) in [6.45, 7) is 2.60. The van der Waals surface area contributed by atoms with E-state index >= 15 is 0 Å². The number of amides is 2. The Morgan fingerprint density at radius 2 is 1.73 bits per heavy atom. The van der Waals surface area contributed by atoms with Crippen molar-refractivity contribution in [2.24, 2.45) is 0 Å². The number of imide groups is 1. The fourth-order valence-corrected chi connectivity index (χ4v) is 2.72. The van der Waals surface area contributed by atoms with Crippen LogP contribution in [0.2, 0.25) is 5.02 Å². The van der Waals surface area contributed by atoms with Crippen molar-refractivity contribution in [3.05, 3.63) is 64.2 Å². The van der Waals surface area contributed by atoms with Crippen LogP contribution < -0.4 is 4.74 Å². The van der Waals surface area contributed by atoms with E-state index in [2.05, 4.69) is 6.92 Å². The average Bonchev–Trinajstić information content (AvgIpc) is 2.87. The van der Waals surface area contributed by atoms with E-state index in [4.69, 9.17) is 21.2 Å². The molecule has 1 aliphatic heterocycles. The maximum atomic E-state index is 12.3. The Balaban J connectivity index is 1.73. The Morgan fingerprint density at radius 3 is 2.31 bits per heavy atom. The van der Waals surface area contributed by atoms with E-state index in [0.717, 1.165) is 12.8 Å². The van der Waals surface area contributed by atoms with Crippen molar-refractivity contribution in [3.63, 3.8) is 0 Å². The molecule has 134 valence electrons. The van der Waals surface area contributed by atoms with E-state index in [1.54, 1.807) is 18.2 Å². The highest BCUT2D eigenvalue weighted by molar-refractivity contribution is 6.33. The van der Waals surface area contributed by atoms with E-state index in [1.807, 2.05) is 0 Å². The van der Waals surface area contributed by atoms with E-state index < -0.39 is 17.8 Å². The molecule has 0 unspecified atom stereocenters. The zero-order valence-corrected chi connectivity index (χ0v) is 14.8. The molecule has 2 aromatic rings. The second-order valence-corrected chi connectivity index (χ2v) is 6.08. The minimum Gasteiger partial charge on any atom is -0.494 e. The summed E-state index contributed by atoms with van der Waals surface area (Å²) in [6, 6.07) is 10.8. The van der Waals surface area contributed by atoms with Crippen LogP contribution in [0.25, 0.3) is 0 Å². The summed E-state index contributed by atoms with van der Waals surface area (Å²) in [5.74, 6) is -1.74. The summed E-state index contributed by atoms with van der Waals surface area (Å²) >= 11 is 6.12. The van der Waals surface area contributed by atoms with Gasteiger partial charge in [-0.15, -0.1) is 0 Å². The number of halogens is 1. The van der Waals surface area contributed by atoms with Gasteiger partial charge in [0.2, 0.25) is 0 Å². The largest absolute Gasteiger partial charge is 0.494 e. The second kappa shape index (κ2) is 7.58. The first-order valence-electron chi connectivity index (χ1n) is 8.15. The normalized spacial score (nSPS) is 12.9. The molecule has 0 saturated carbocycles.